The van der Waals surface area contributed by atoms with Gasteiger partial charge in [-0.25, -0.2) is 9.97 Å². The summed E-state index contributed by atoms with van der Waals surface area (Å²) in [7, 11) is 0. The number of rotatable bonds is 9. The van der Waals surface area contributed by atoms with E-state index in [4.69, 9.17) is 0 Å². The Kier molecular flexibility index (Phi) is 8.38. The highest BCUT2D eigenvalue weighted by atomic mass is 16.2. The van der Waals surface area contributed by atoms with E-state index in [1.54, 1.807) is 73.1 Å². The Labute approximate surface area is 222 Å². The van der Waals surface area contributed by atoms with Gasteiger partial charge in [-0.3, -0.25) is 14.4 Å². The first-order valence-electron chi connectivity index (χ1n) is 12.4. The highest BCUT2D eigenvalue weighted by Gasteiger charge is 2.39. The number of pyridine rings is 2. The predicted octanol–water partition coefficient (Wildman–Crippen LogP) is 5.65. The molecule has 2 N–H and O–H groups in total. The number of Topliss-reactive ketones (excluding diaryl/α,β-unsaturated/α-hetero) is 1. The van der Waals surface area contributed by atoms with Crippen molar-refractivity contribution in [1.82, 2.24) is 9.97 Å². The lowest BCUT2D eigenvalue weighted by molar-refractivity contribution is -0.130. The van der Waals surface area contributed by atoms with E-state index in [2.05, 4.69) is 20.6 Å². The Bertz CT molecular complexity index is 1350. The van der Waals surface area contributed by atoms with Crippen molar-refractivity contribution in [3.05, 3.63) is 119 Å². The van der Waals surface area contributed by atoms with Crippen molar-refractivity contribution in [2.45, 2.75) is 33.1 Å². The molecule has 2 heterocycles. The summed E-state index contributed by atoms with van der Waals surface area (Å²) in [4.78, 5) is 49.5. The average Bonchev–Trinajstić information content (AvgIpc) is 2.89. The van der Waals surface area contributed by atoms with Crippen LogP contribution in [-0.2, 0) is 9.59 Å². The molecule has 1 atom stereocenters. The minimum Gasteiger partial charge on any atom is -0.310 e. The molecule has 2 amide bonds. The fourth-order valence-electron chi connectivity index (χ4n) is 4.87. The second-order valence-electron chi connectivity index (χ2n) is 9.30. The quantitative estimate of drug-likeness (QED) is 0.226. The Morgan fingerprint density at radius 1 is 0.711 bits per heavy atom. The lowest BCUT2D eigenvalue weighted by Crippen LogP contribution is -2.39. The van der Waals surface area contributed by atoms with Crippen LogP contribution in [0.15, 0.2) is 91.3 Å². The molecule has 38 heavy (non-hydrogen) atoms. The van der Waals surface area contributed by atoms with Crippen LogP contribution in [0.5, 0.6) is 0 Å². The van der Waals surface area contributed by atoms with E-state index in [0.29, 0.717) is 17.2 Å². The SMILES string of the molecule is Cc1cc(C)c(C(CC(=O)c2ccccc2)C(C(=O)Nc2ccccn2)C(=O)Nc2ccccn2)c(C)c1. The van der Waals surface area contributed by atoms with Gasteiger partial charge >= 0.3 is 0 Å². The van der Waals surface area contributed by atoms with Crippen molar-refractivity contribution < 1.29 is 14.4 Å². The van der Waals surface area contributed by atoms with Gasteiger partial charge in [-0.2, -0.15) is 0 Å². The van der Waals surface area contributed by atoms with Crippen LogP contribution in [0.3, 0.4) is 0 Å². The number of aryl methyl sites for hydroxylation is 3. The highest BCUT2D eigenvalue weighted by Crippen LogP contribution is 2.36. The van der Waals surface area contributed by atoms with Gasteiger partial charge in [-0.15, -0.1) is 0 Å². The molecule has 7 heteroatoms. The highest BCUT2D eigenvalue weighted by molar-refractivity contribution is 6.12. The lowest BCUT2D eigenvalue weighted by atomic mass is 9.76. The zero-order valence-electron chi connectivity index (χ0n) is 21.6. The van der Waals surface area contributed by atoms with E-state index in [9.17, 15) is 14.4 Å². The van der Waals surface area contributed by atoms with Crippen molar-refractivity contribution >= 4 is 29.2 Å². The van der Waals surface area contributed by atoms with Crippen LogP contribution in [0.25, 0.3) is 0 Å². The maximum atomic E-state index is 13.8. The first-order valence-corrected chi connectivity index (χ1v) is 12.4. The molecule has 192 valence electrons. The summed E-state index contributed by atoms with van der Waals surface area (Å²) in [6, 6.07) is 23.2. The molecule has 7 nitrogen and oxygen atoms in total. The maximum absolute atomic E-state index is 13.8. The van der Waals surface area contributed by atoms with Crippen LogP contribution < -0.4 is 10.6 Å². The second kappa shape index (κ2) is 12.1. The van der Waals surface area contributed by atoms with Crippen molar-refractivity contribution in [1.29, 1.82) is 0 Å². The largest absolute Gasteiger partial charge is 0.310 e. The van der Waals surface area contributed by atoms with E-state index < -0.39 is 23.7 Å². The van der Waals surface area contributed by atoms with E-state index >= 15 is 0 Å². The number of nitrogens with one attached hydrogen (secondary N) is 2. The minimum absolute atomic E-state index is 0.0370. The van der Waals surface area contributed by atoms with E-state index in [1.165, 1.54) is 0 Å². The lowest BCUT2D eigenvalue weighted by Gasteiger charge is -2.28. The van der Waals surface area contributed by atoms with Gasteiger partial charge in [-0.05, 0) is 61.7 Å². The molecule has 0 aliphatic rings. The van der Waals surface area contributed by atoms with Gasteiger partial charge < -0.3 is 10.6 Å². The number of carbonyl (C=O) groups is 3. The molecule has 0 aliphatic carbocycles. The number of hydrogen-bond donors (Lipinski definition) is 2. The minimum atomic E-state index is -1.24. The zero-order chi connectivity index (χ0) is 27.1. The van der Waals surface area contributed by atoms with E-state index in [0.717, 1.165) is 22.3 Å². The van der Waals surface area contributed by atoms with Crippen LogP contribution in [0.2, 0.25) is 0 Å². The molecule has 0 saturated carbocycles. The molecule has 0 saturated heterocycles. The molecule has 2 aromatic carbocycles. The van der Waals surface area contributed by atoms with Crippen molar-refractivity contribution in [2.75, 3.05) is 10.6 Å². The van der Waals surface area contributed by atoms with Gasteiger partial charge in [0.25, 0.3) is 0 Å². The summed E-state index contributed by atoms with van der Waals surface area (Å²) in [6.07, 6.45) is 3.08. The number of aromatic nitrogens is 2. The van der Waals surface area contributed by atoms with Gasteiger partial charge in [0.1, 0.15) is 17.6 Å². The summed E-state index contributed by atoms with van der Waals surface area (Å²) in [6.45, 7) is 5.88. The molecular formula is C31H30N4O3. The zero-order valence-corrected chi connectivity index (χ0v) is 21.6. The average molecular weight is 507 g/mol. The number of carbonyl (C=O) groups excluding carboxylic acids is 3. The van der Waals surface area contributed by atoms with Crippen molar-refractivity contribution in [2.24, 2.45) is 5.92 Å². The Balaban J connectivity index is 1.81. The Hall–Kier alpha value is -4.65. The standard InChI is InChI=1S/C31H30N4O3/c1-20-17-21(2)28(22(3)18-20)24(19-25(36)23-11-5-4-6-12-23)29(30(37)34-26-13-7-9-15-32-26)31(38)35-27-14-8-10-16-33-27/h4-18,24,29H,19H2,1-3H3,(H,32,34,37)(H,33,35,38). The van der Waals surface area contributed by atoms with Gasteiger partial charge in [0.15, 0.2) is 5.78 Å². The van der Waals surface area contributed by atoms with Gasteiger partial charge in [0.05, 0.1) is 0 Å². The number of nitrogens with zero attached hydrogens (tertiary/aromatic N) is 2. The van der Waals surface area contributed by atoms with E-state index in [-0.39, 0.29) is 12.2 Å². The number of anilines is 2. The van der Waals surface area contributed by atoms with Gasteiger partial charge in [0.2, 0.25) is 11.8 Å². The summed E-state index contributed by atoms with van der Waals surface area (Å²) in [5.41, 5.74) is 4.21. The molecule has 2 aromatic heterocycles. The van der Waals surface area contributed by atoms with Gasteiger partial charge in [0, 0.05) is 30.3 Å². The molecule has 1 unspecified atom stereocenters. The summed E-state index contributed by atoms with van der Waals surface area (Å²) in [5, 5.41) is 5.56. The molecule has 0 fully saturated rings. The number of ketones is 1. The maximum Gasteiger partial charge on any atom is 0.238 e. The molecule has 0 bridgehead atoms. The third kappa shape index (κ3) is 6.37. The van der Waals surface area contributed by atoms with E-state index in [1.807, 2.05) is 39.0 Å². The molecular weight excluding hydrogens is 476 g/mol. The van der Waals surface area contributed by atoms with Crippen LogP contribution in [0.1, 0.15) is 45.0 Å². The van der Waals surface area contributed by atoms with Crippen molar-refractivity contribution in [3.63, 3.8) is 0 Å². The summed E-state index contributed by atoms with van der Waals surface area (Å²) in [5.74, 6) is -2.61. The fourth-order valence-corrected chi connectivity index (χ4v) is 4.87. The molecule has 4 aromatic rings. The molecule has 0 aliphatic heterocycles. The number of hydrogen-bond acceptors (Lipinski definition) is 5. The van der Waals surface area contributed by atoms with Crippen LogP contribution in [0.4, 0.5) is 11.6 Å². The predicted molar refractivity (Wildman–Crippen MR) is 148 cm³/mol. The monoisotopic (exact) mass is 506 g/mol. The third-order valence-electron chi connectivity index (χ3n) is 6.41. The molecule has 0 spiro atoms. The van der Waals surface area contributed by atoms with Crippen LogP contribution in [0, 0.1) is 26.7 Å². The topological polar surface area (TPSA) is 101 Å². The van der Waals surface area contributed by atoms with Crippen LogP contribution >= 0.6 is 0 Å². The summed E-state index contributed by atoms with van der Waals surface area (Å²) < 4.78 is 0. The first kappa shape index (κ1) is 26.4. The second-order valence-corrected chi connectivity index (χ2v) is 9.30. The molecule has 0 radical (unpaired) electrons. The number of benzene rings is 2. The molecule has 4 rings (SSSR count). The smallest absolute Gasteiger partial charge is 0.238 e. The Morgan fingerprint density at radius 3 is 1.68 bits per heavy atom. The first-order chi connectivity index (χ1) is 18.3. The fraction of sp³-hybridized carbons (Fsp3) is 0.194. The normalized spacial score (nSPS) is 11.6. The van der Waals surface area contributed by atoms with Crippen molar-refractivity contribution in [3.8, 4) is 0 Å². The van der Waals surface area contributed by atoms with Crippen LogP contribution in [-0.4, -0.2) is 27.6 Å². The summed E-state index contributed by atoms with van der Waals surface area (Å²) >= 11 is 0. The third-order valence-corrected chi connectivity index (χ3v) is 6.41. The Morgan fingerprint density at radius 2 is 1.21 bits per heavy atom. The number of amides is 2. The van der Waals surface area contributed by atoms with Gasteiger partial charge in [-0.1, -0.05) is 60.2 Å².